The lowest BCUT2D eigenvalue weighted by Crippen LogP contribution is -2.34. The highest BCUT2D eigenvalue weighted by Crippen LogP contribution is 2.46. The number of nitro benzene ring substituents is 1. The molecule has 2 N–H and O–H groups in total. The number of hydrogen-bond acceptors (Lipinski definition) is 4. The number of benzene rings is 2. The molecule has 0 aliphatic carbocycles. The molecular weight excluding hydrogens is 682 g/mol. The van der Waals surface area contributed by atoms with Crippen LogP contribution in [0.5, 0.6) is 0 Å². The van der Waals surface area contributed by atoms with Crippen molar-refractivity contribution in [1.82, 2.24) is 19.9 Å². The van der Waals surface area contributed by atoms with Gasteiger partial charge in [0, 0.05) is 12.1 Å². The van der Waals surface area contributed by atoms with Gasteiger partial charge in [-0.05, 0) is 12.1 Å². The topological polar surface area (TPSA) is 100 Å². The van der Waals surface area contributed by atoms with Crippen LogP contribution in [-0.4, -0.2) is 37.2 Å². The molecule has 4 rings (SSSR count). The van der Waals surface area contributed by atoms with Crippen molar-refractivity contribution in [1.29, 1.82) is 0 Å². The first-order valence-electron chi connectivity index (χ1n) is 10.5. The minimum Gasteiger partial charge on any atom is -0.336 e. The molecule has 0 aliphatic rings. The molecule has 0 bridgehead atoms. The van der Waals surface area contributed by atoms with Crippen LogP contribution in [-0.2, 0) is 24.2 Å². The molecule has 0 spiro atoms. The van der Waals surface area contributed by atoms with Gasteiger partial charge in [0.2, 0.25) is 0 Å². The highest BCUT2D eigenvalue weighted by Gasteiger charge is 2.62. The van der Waals surface area contributed by atoms with Gasteiger partial charge in [-0.25, -0.2) is 9.97 Å². The van der Waals surface area contributed by atoms with E-state index >= 15 is 0 Å². The van der Waals surface area contributed by atoms with E-state index in [2.05, 4.69) is 9.97 Å². The number of rotatable bonds is 3. The third-order valence-electron chi connectivity index (χ3n) is 5.29. The number of aromatic nitrogens is 4. The summed E-state index contributed by atoms with van der Waals surface area (Å²) in [5, 5.41) is 10.1. The number of non-ortho nitro benzene ring substituents is 1. The number of alkyl halides is 16. The fourth-order valence-corrected chi connectivity index (χ4v) is 3.48. The summed E-state index contributed by atoms with van der Waals surface area (Å²) in [6.45, 7) is 0. The molecule has 44 heavy (non-hydrogen) atoms. The van der Waals surface area contributed by atoms with Gasteiger partial charge in [-0.3, -0.25) is 10.1 Å². The number of hydrogen-bond donors (Lipinski definition) is 2. The molecule has 0 aliphatic heterocycles. The van der Waals surface area contributed by atoms with Gasteiger partial charge < -0.3 is 9.97 Å². The molecule has 0 amide bonds. The Morgan fingerprint density at radius 2 is 1.11 bits per heavy atom. The van der Waals surface area contributed by atoms with E-state index in [1.54, 1.807) is 0 Å². The minimum atomic E-state index is -6.11. The van der Waals surface area contributed by atoms with Crippen molar-refractivity contribution in [2.75, 3.05) is 0 Å². The second kappa shape index (κ2) is 10.5. The number of H-pyrrole nitrogens is 2. The van der Waals surface area contributed by atoms with Gasteiger partial charge in [0.05, 0.1) is 32.1 Å². The molecule has 0 saturated heterocycles. The van der Waals surface area contributed by atoms with Gasteiger partial charge in [-0.1, -0.05) is 11.6 Å². The summed E-state index contributed by atoms with van der Waals surface area (Å²) in [5.41, 5.74) is -8.51. The molecule has 0 fully saturated rings. The van der Waals surface area contributed by atoms with Crippen LogP contribution in [0.4, 0.5) is 75.9 Å². The second-order valence-corrected chi connectivity index (χ2v) is 8.68. The number of nitro groups is 1. The van der Waals surface area contributed by atoms with Gasteiger partial charge >= 0.3 is 36.6 Å². The second-order valence-electron chi connectivity index (χ2n) is 8.28. The Labute approximate surface area is 234 Å². The molecule has 0 saturated carbocycles. The van der Waals surface area contributed by atoms with Crippen LogP contribution in [0.2, 0.25) is 5.02 Å². The van der Waals surface area contributed by atoms with Crippen LogP contribution < -0.4 is 0 Å². The lowest BCUT2D eigenvalue weighted by atomic mass is 10.1. The number of aromatic amines is 2. The zero-order chi connectivity index (χ0) is 34.0. The van der Waals surface area contributed by atoms with E-state index in [0.717, 1.165) is 6.07 Å². The van der Waals surface area contributed by atoms with Crippen molar-refractivity contribution >= 4 is 39.4 Å². The Morgan fingerprint density at radius 1 is 0.659 bits per heavy atom. The van der Waals surface area contributed by atoms with Crippen LogP contribution in [0.15, 0.2) is 24.3 Å². The van der Waals surface area contributed by atoms with Gasteiger partial charge in [-0.2, -0.15) is 70.2 Å². The Morgan fingerprint density at radius 3 is 1.55 bits per heavy atom. The summed E-state index contributed by atoms with van der Waals surface area (Å²) < 4.78 is 202. The molecule has 0 radical (unpaired) electrons. The highest BCUT2D eigenvalue weighted by atomic mass is 35.5. The molecule has 2 aromatic heterocycles. The molecule has 0 unspecified atom stereocenters. The summed E-state index contributed by atoms with van der Waals surface area (Å²) in [6, 6.07) is 1.55. The largest absolute Gasteiger partial charge is 0.461 e. The molecule has 2 aromatic carbocycles. The maximum absolute atomic E-state index is 13.2. The normalized spacial score (nSPS) is 13.8. The lowest BCUT2D eigenvalue weighted by molar-refractivity contribution is -0.385. The standard InChI is InChI=1S/C10H3ClF8N2.C10H3F8N3O2/c11-4-2-1-3(9(14,15)16)5-6(4)21-7(20-5)8(12,13)10(17,18)19;11-8(12,10(16,17)18)7-19-5-2-3(21(22)23)1-4(6(5)20-7)9(13,14)15/h1-2H,(H,20,21);1-2H,(H,19,20). The first kappa shape index (κ1) is 34.4. The van der Waals surface area contributed by atoms with Gasteiger partial charge in [0.25, 0.3) is 5.69 Å². The van der Waals surface area contributed by atoms with Crippen LogP contribution in [0.3, 0.4) is 0 Å². The fraction of sp³-hybridized carbons (Fsp3) is 0.300. The van der Waals surface area contributed by atoms with Crippen LogP contribution in [0.1, 0.15) is 22.8 Å². The van der Waals surface area contributed by atoms with E-state index < -0.39 is 97.0 Å². The Bertz CT molecular complexity index is 1720. The number of nitrogens with zero attached hydrogens (tertiary/aromatic N) is 3. The maximum Gasteiger partial charge on any atom is 0.461 e. The van der Waals surface area contributed by atoms with Gasteiger partial charge in [-0.15, -0.1) is 0 Å². The van der Waals surface area contributed by atoms with Gasteiger partial charge in [0.1, 0.15) is 11.0 Å². The van der Waals surface area contributed by atoms with E-state index in [1.165, 1.54) is 9.97 Å². The fourth-order valence-electron chi connectivity index (χ4n) is 3.28. The lowest BCUT2D eigenvalue weighted by Gasteiger charge is -2.16. The first-order valence-corrected chi connectivity index (χ1v) is 10.9. The van der Waals surface area contributed by atoms with Crippen molar-refractivity contribution in [2.45, 2.75) is 36.6 Å². The van der Waals surface area contributed by atoms with E-state index in [1.807, 2.05) is 0 Å². The Hall–Kier alpha value is -4.05. The summed E-state index contributed by atoms with van der Waals surface area (Å²) in [5.74, 6) is -15.0. The third kappa shape index (κ3) is 6.26. The van der Waals surface area contributed by atoms with Crippen molar-refractivity contribution in [3.8, 4) is 0 Å². The predicted octanol–water partition coefficient (Wildman–Crippen LogP) is 9.03. The van der Waals surface area contributed by atoms with Crippen molar-refractivity contribution in [2.24, 2.45) is 0 Å². The molecule has 0 atom stereocenters. The molecule has 7 nitrogen and oxygen atoms in total. The zero-order valence-corrected chi connectivity index (χ0v) is 20.6. The Kier molecular flexibility index (Phi) is 8.25. The summed E-state index contributed by atoms with van der Waals surface area (Å²) in [7, 11) is 0. The Balaban J connectivity index is 0.000000241. The molecular formula is C20H6ClF16N5O2. The van der Waals surface area contributed by atoms with Gasteiger partial charge in [0.15, 0.2) is 11.6 Å². The quantitative estimate of drug-likeness (QED) is 0.128. The van der Waals surface area contributed by atoms with Crippen molar-refractivity contribution in [3.63, 3.8) is 0 Å². The van der Waals surface area contributed by atoms with Crippen molar-refractivity contribution < 1.29 is 75.2 Å². The molecule has 2 heterocycles. The van der Waals surface area contributed by atoms with E-state index in [-0.39, 0.29) is 6.07 Å². The SMILES string of the molecule is FC(F)(F)c1ccc(Cl)c2[nH]c(C(F)(F)C(F)(F)F)nc12.O=[N+]([O-])c1cc(C(F)(F)F)c2nc(C(F)(F)C(F)(F)F)[nH]c2c1. The smallest absolute Gasteiger partial charge is 0.336 e. The number of nitrogens with one attached hydrogen (secondary N) is 2. The molecule has 242 valence electrons. The first-order chi connectivity index (χ1) is 19.6. The minimum absolute atomic E-state index is 0.00130. The highest BCUT2D eigenvalue weighted by molar-refractivity contribution is 6.35. The number of imidazole rings is 2. The van der Waals surface area contributed by atoms with E-state index in [4.69, 9.17) is 11.6 Å². The van der Waals surface area contributed by atoms with Crippen LogP contribution in [0.25, 0.3) is 22.1 Å². The number of halogens is 17. The average molecular weight is 688 g/mol. The molecule has 4 aromatic rings. The third-order valence-corrected chi connectivity index (χ3v) is 5.61. The summed E-state index contributed by atoms with van der Waals surface area (Å²) in [6.07, 6.45) is -22.3. The maximum atomic E-state index is 13.2. The average Bonchev–Trinajstić information content (AvgIpc) is 3.47. The van der Waals surface area contributed by atoms with Crippen LogP contribution in [0, 0.1) is 10.1 Å². The number of fused-ring (bicyclic) bond motifs is 2. The summed E-state index contributed by atoms with van der Waals surface area (Å²) in [4.78, 5) is 17.6. The van der Waals surface area contributed by atoms with E-state index in [9.17, 15) is 80.4 Å². The summed E-state index contributed by atoms with van der Waals surface area (Å²) >= 11 is 5.49. The van der Waals surface area contributed by atoms with Crippen LogP contribution >= 0.6 is 11.6 Å². The monoisotopic (exact) mass is 687 g/mol. The van der Waals surface area contributed by atoms with E-state index in [0.29, 0.717) is 12.1 Å². The zero-order valence-electron chi connectivity index (χ0n) is 19.9. The molecule has 24 heteroatoms. The van der Waals surface area contributed by atoms with Crippen molar-refractivity contribution in [3.05, 3.63) is 62.2 Å². The predicted molar refractivity (Wildman–Crippen MR) is 114 cm³/mol.